The van der Waals surface area contributed by atoms with Gasteiger partial charge in [0.05, 0.1) is 0 Å². The molecule has 0 radical (unpaired) electrons. The van der Waals surface area contributed by atoms with Gasteiger partial charge in [0.2, 0.25) is 0 Å². The topological polar surface area (TPSA) is 38.9 Å². The van der Waals surface area contributed by atoms with Crippen molar-refractivity contribution in [2.75, 3.05) is 0 Å². The van der Waals surface area contributed by atoms with Crippen molar-refractivity contribution in [3.05, 3.63) is 71.7 Å². The molecule has 0 aliphatic carbocycles. The lowest BCUT2D eigenvalue weighted by Crippen LogP contribution is -1.87. The Morgan fingerprint density at radius 2 is 1.89 bits per heavy atom. The average molecular weight is 271 g/mol. The molecule has 0 amide bonds. The van der Waals surface area contributed by atoms with Gasteiger partial charge in [-0.25, -0.2) is 0 Å². The third-order valence-corrected chi connectivity index (χ3v) is 3.05. The molecule has 0 saturated carbocycles. The van der Waals surface area contributed by atoms with Crippen molar-refractivity contribution in [1.82, 2.24) is 4.98 Å². The Morgan fingerprint density at radius 1 is 1.16 bits per heavy atom. The smallest absolute Gasteiger partial charge is 0.0418 e. The molecule has 0 bridgehead atoms. The zero-order valence-corrected chi connectivity index (χ0v) is 11.4. The van der Waals surface area contributed by atoms with Gasteiger partial charge in [-0.15, -0.1) is 0 Å². The maximum absolute atomic E-state index is 6.20. The van der Waals surface area contributed by atoms with Crippen LogP contribution in [0.3, 0.4) is 0 Å². The standard InChI is InChI=1S/C16H15ClN2/c1-2-12(3-6-18)14-9-15(11-16(17)10-14)13-4-7-19-8-5-13/h2-11H,18H2,1H3/b6-3-,12-2+. The molecule has 2 N–H and O–H groups in total. The lowest BCUT2D eigenvalue weighted by Gasteiger charge is -2.08. The van der Waals surface area contributed by atoms with E-state index in [1.54, 1.807) is 12.4 Å². The van der Waals surface area contributed by atoms with Crippen molar-refractivity contribution in [3.8, 4) is 11.1 Å². The van der Waals surface area contributed by atoms with E-state index in [9.17, 15) is 0 Å². The third-order valence-electron chi connectivity index (χ3n) is 2.83. The maximum Gasteiger partial charge on any atom is 0.0418 e. The van der Waals surface area contributed by atoms with Crippen LogP contribution >= 0.6 is 11.6 Å². The molecule has 0 fully saturated rings. The summed E-state index contributed by atoms with van der Waals surface area (Å²) in [5.74, 6) is 0. The number of halogens is 1. The van der Waals surface area contributed by atoms with Crippen LogP contribution in [0.25, 0.3) is 16.7 Å². The Labute approximate surface area is 118 Å². The molecule has 2 nitrogen and oxygen atoms in total. The molecule has 19 heavy (non-hydrogen) atoms. The first kappa shape index (κ1) is 13.4. The van der Waals surface area contributed by atoms with Crippen molar-refractivity contribution >= 4 is 17.2 Å². The summed E-state index contributed by atoms with van der Waals surface area (Å²) in [5, 5.41) is 0.703. The number of aromatic nitrogens is 1. The fraction of sp³-hybridized carbons (Fsp3) is 0.0625. The minimum absolute atomic E-state index is 0.703. The van der Waals surface area contributed by atoms with Crippen LogP contribution in [-0.2, 0) is 0 Å². The molecule has 0 atom stereocenters. The van der Waals surface area contributed by atoms with E-state index in [-0.39, 0.29) is 0 Å². The summed E-state index contributed by atoms with van der Waals surface area (Å²) in [6.45, 7) is 1.97. The summed E-state index contributed by atoms with van der Waals surface area (Å²) in [6, 6.07) is 9.89. The number of benzene rings is 1. The number of allylic oxidation sites excluding steroid dienone is 3. The van der Waals surface area contributed by atoms with Crippen molar-refractivity contribution in [2.24, 2.45) is 5.73 Å². The van der Waals surface area contributed by atoms with E-state index in [4.69, 9.17) is 17.3 Å². The molecular weight excluding hydrogens is 256 g/mol. The van der Waals surface area contributed by atoms with Gasteiger partial charge in [-0.1, -0.05) is 17.7 Å². The number of nitrogens with two attached hydrogens (primary N) is 1. The van der Waals surface area contributed by atoms with E-state index in [2.05, 4.69) is 11.1 Å². The maximum atomic E-state index is 6.20. The molecule has 96 valence electrons. The fourth-order valence-corrected chi connectivity index (χ4v) is 2.17. The van der Waals surface area contributed by atoms with Gasteiger partial charge in [-0.2, -0.15) is 0 Å². The Hall–Kier alpha value is -2.06. The van der Waals surface area contributed by atoms with Crippen LogP contribution in [0, 0.1) is 0 Å². The van der Waals surface area contributed by atoms with Crippen molar-refractivity contribution in [2.45, 2.75) is 6.92 Å². The highest BCUT2D eigenvalue weighted by Crippen LogP contribution is 2.28. The molecule has 0 unspecified atom stereocenters. The predicted molar refractivity (Wildman–Crippen MR) is 81.7 cm³/mol. The number of nitrogens with zero attached hydrogens (tertiary/aromatic N) is 1. The van der Waals surface area contributed by atoms with E-state index >= 15 is 0 Å². The molecule has 2 rings (SSSR count). The van der Waals surface area contributed by atoms with Crippen LogP contribution in [0.2, 0.25) is 5.02 Å². The SMILES string of the molecule is C/C=C(\C=C/N)c1cc(Cl)cc(-c2ccncc2)c1. The summed E-state index contributed by atoms with van der Waals surface area (Å²) in [7, 11) is 0. The van der Waals surface area contributed by atoms with E-state index in [1.807, 2.05) is 43.3 Å². The second-order valence-electron chi connectivity index (χ2n) is 4.07. The van der Waals surface area contributed by atoms with Gasteiger partial charge in [0.25, 0.3) is 0 Å². The van der Waals surface area contributed by atoms with Gasteiger partial charge >= 0.3 is 0 Å². The van der Waals surface area contributed by atoms with Crippen LogP contribution in [0.1, 0.15) is 12.5 Å². The second-order valence-corrected chi connectivity index (χ2v) is 4.50. The minimum Gasteiger partial charge on any atom is -0.405 e. The highest BCUT2D eigenvalue weighted by Gasteiger charge is 2.04. The summed E-state index contributed by atoms with van der Waals surface area (Å²) in [5.41, 5.74) is 9.71. The lowest BCUT2D eigenvalue weighted by atomic mass is 9.99. The summed E-state index contributed by atoms with van der Waals surface area (Å²) in [6.07, 6.45) is 8.94. The Balaban J connectivity index is 2.52. The second kappa shape index (κ2) is 6.21. The number of rotatable bonds is 3. The number of hydrogen-bond donors (Lipinski definition) is 1. The first-order valence-electron chi connectivity index (χ1n) is 6.00. The quantitative estimate of drug-likeness (QED) is 0.846. The highest BCUT2D eigenvalue weighted by atomic mass is 35.5. The predicted octanol–water partition coefficient (Wildman–Crippen LogP) is 4.28. The van der Waals surface area contributed by atoms with E-state index in [0.29, 0.717) is 5.02 Å². The summed E-state index contributed by atoms with van der Waals surface area (Å²) < 4.78 is 0. The van der Waals surface area contributed by atoms with Crippen LogP contribution in [0.5, 0.6) is 0 Å². The molecule has 1 heterocycles. The van der Waals surface area contributed by atoms with Gasteiger partial charge < -0.3 is 5.73 Å². The normalized spacial score (nSPS) is 12.0. The van der Waals surface area contributed by atoms with Gasteiger partial charge in [-0.05, 0) is 71.8 Å². The first-order valence-corrected chi connectivity index (χ1v) is 6.38. The summed E-state index contributed by atoms with van der Waals surface area (Å²) >= 11 is 6.20. The van der Waals surface area contributed by atoms with Gasteiger partial charge in [0.15, 0.2) is 0 Å². The number of hydrogen-bond acceptors (Lipinski definition) is 2. The van der Waals surface area contributed by atoms with Crippen LogP contribution in [-0.4, -0.2) is 4.98 Å². The molecule has 1 aromatic heterocycles. The molecule has 0 aliphatic rings. The van der Waals surface area contributed by atoms with Crippen LogP contribution in [0.4, 0.5) is 0 Å². The van der Waals surface area contributed by atoms with Crippen LogP contribution < -0.4 is 5.73 Å². The van der Waals surface area contributed by atoms with Crippen LogP contribution in [0.15, 0.2) is 61.1 Å². The van der Waals surface area contributed by atoms with E-state index in [0.717, 1.165) is 22.3 Å². The zero-order chi connectivity index (χ0) is 13.7. The van der Waals surface area contributed by atoms with E-state index in [1.165, 1.54) is 6.20 Å². The molecule has 1 aromatic carbocycles. The molecule has 0 aliphatic heterocycles. The molecule has 2 aromatic rings. The molecular formula is C16H15ClN2. The van der Waals surface area contributed by atoms with Gasteiger partial charge in [0, 0.05) is 17.4 Å². The van der Waals surface area contributed by atoms with Gasteiger partial charge in [-0.3, -0.25) is 4.98 Å². The van der Waals surface area contributed by atoms with Gasteiger partial charge in [0.1, 0.15) is 0 Å². The first-order chi connectivity index (χ1) is 9.24. The highest BCUT2D eigenvalue weighted by molar-refractivity contribution is 6.31. The Kier molecular flexibility index (Phi) is 4.37. The Bertz CT molecular complexity index is 616. The summed E-state index contributed by atoms with van der Waals surface area (Å²) in [4.78, 5) is 4.02. The Morgan fingerprint density at radius 3 is 2.53 bits per heavy atom. The third kappa shape index (κ3) is 3.24. The van der Waals surface area contributed by atoms with E-state index < -0.39 is 0 Å². The molecule has 0 spiro atoms. The van der Waals surface area contributed by atoms with Crippen molar-refractivity contribution in [1.29, 1.82) is 0 Å². The molecule has 3 heteroatoms. The monoisotopic (exact) mass is 270 g/mol. The largest absolute Gasteiger partial charge is 0.405 e. The zero-order valence-electron chi connectivity index (χ0n) is 10.7. The minimum atomic E-state index is 0.703. The average Bonchev–Trinajstić information content (AvgIpc) is 2.45. The van der Waals surface area contributed by atoms with Crippen molar-refractivity contribution < 1.29 is 0 Å². The fourth-order valence-electron chi connectivity index (χ4n) is 1.93. The lowest BCUT2D eigenvalue weighted by molar-refractivity contribution is 1.33. The van der Waals surface area contributed by atoms with Crippen molar-refractivity contribution in [3.63, 3.8) is 0 Å². The molecule has 0 saturated heterocycles. The number of pyridine rings is 1.